The molecule has 6 heterocycles. The zero-order valence-electron chi connectivity index (χ0n) is 50.0. The van der Waals surface area contributed by atoms with E-state index >= 15 is 4.39 Å². The quantitative estimate of drug-likeness (QED) is 0.129. The minimum atomic E-state index is -1.86. The number of carbonyl (C=O) groups excluding carboxylic acids is 2. The molecule has 3 aromatic rings. The fourth-order valence-corrected chi connectivity index (χ4v) is 12.4. The van der Waals surface area contributed by atoms with Crippen molar-refractivity contribution in [3.63, 3.8) is 0 Å². The van der Waals surface area contributed by atoms with E-state index in [0.29, 0.717) is 49.6 Å². The molecule has 0 unspecified atom stereocenters. The van der Waals surface area contributed by atoms with Gasteiger partial charge in [-0.05, 0) is 120 Å². The number of aliphatic hydroxyl groups excluding tert-OH is 3. The number of anilines is 1. The summed E-state index contributed by atoms with van der Waals surface area (Å²) in [5.41, 5.74) is -2.77. The van der Waals surface area contributed by atoms with Crippen molar-refractivity contribution in [2.24, 2.45) is 17.8 Å². The molecule has 1 amide bonds. The van der Waals surface area contributed by atoms with Crippen molar-refractivity contribution in [2.75, 3.05) is 59.8 Å². The second-order valence-electron chi connectivity index (χ2n) is 24.5. The molecule has 19 atom stereocenters. The second kappa shape index (κ2) is 26.3. The number of methoxy groups -OCH3 is 1. The number of ether oxygens (including phenoxy) is 7. The van der Waals surface area contributed by atoms with Crippen molar-refractivity contribution in [1.29, 1.82) is 0 Å². The molecule has 4 saturated heterocycles. The van der Waals surface area contributed by atoms with Crippen LogP contribution in [0.4, 0.5) is 14.9 Å². The van der Waals surface area contributed by atoms with Crippen LogP contribution in [0.2, 0.25) is 0 Å². The van der Waals surface area contributed by atoms with Crippen LogP contribution in [0.5, 0.6) is 0 Å². The van der Waals surface area contributed by atoms with Crippen LogP contribution in [0.3, 0.4) is 0 Å². The van der Waals surface area contributed by atoms with Crippen molar-refractivity contribution in [2.45, 2.75) is 211 Å². The average molecular weight is 1150 g/mol. The number of halogens is 1. The van der Waals surface area contributed by atoms with Gasteiger partial charge in [-0.2, -0.15) is 0 Å². The van der Waals surface area contributed by atoms with Crippen LogP contribution in [0.1, 0.15) is 106 Å². The average Bonchev–Trinajstić information content (AvgIpc) is 4.24. The fraction of sp³-hybridized carbons (Fsp3) is 0.786. The summed E-state index contributed by atoms with van der Waals surface area (Å²) in [6, 6.07) is 3.35. The Morgan fingerprint density at radius 2 is 1.59 bits per heavy atom. The summed E-state index contributed by atoms with van der Waals surface area (Å²) >= 11 is 0. The highest BCUT2D eigenvalue weighted by Crippen LogP contribution is 2.41. The molecule has 81 heavy (non-hydrogen) atoms. The summed E-state index contributed by atoms with van der Waals surface area (Å²) in [5.74, 6) is -3.49. The molecule has 4 aliphatic rings. The van der Waals surface area contributed by atoms with Crippen molar-refractivity contribution in [1.82, 2.24) is 44.7 Å². The molecule has 25 heteroatoms. The predicted octanol–water partition coefficient (Wildman–Crippen LogP) is 2.91. The lowest BCUT2D eigenvalue weighted by atomic mass is 9.77. The highest BCUT2D eigenvalue weighted by molar-refractivity contribution is 5.89. The van der Waals surface area contributed by atoms with E-state index in [-0.39, 0.29) is 44.0 Å². The first-order valence-electron chi connectivity index (χ1n) is 28.5. The predicted molar refractivity (Wildman–Crippen MR) is 293 cm³/mol. The zero-order chi connectivity index (χ0) is 59.6. The first kappa shape index (κ1) is 64.2. The summed E-state index contributed by atoms with van der Waals surface area (Å²) < 4.78 is 62.4. The lowest BCUT2D eigenvalue weighted by Crippen LogP contribution is -2.61. The van der Waals surface area contributed by atoms with Crippen LogP contribution in [-0.4, -0.2) is 234 Å². The number of carbonyl (C=O) groups is 2. The van der Waals surface area contributed by atoms with E-state index in [1.807, 2.05) is 56.7 Å². The van der Waals surface area contributed by atoms with Gasteiger partial charge in [-0.15, -0.1) is 10.2 Å². The van der Waals surface area contributed by atoms with Gasteiger partial charge in [0, 0.05) is 63.8 Å². The van der Waals surface area contributed by atoms with Gasteiger partial charge in [0.25, 0.3) is 0 Å². The molecule has 4 fully saturated rings. The molecule has 0 bridgehead atoms. The van der Waals surface area contributed by atoms with Gasteiger partial charge in [0.1, 0.15) is 41.8 Å². The molecule has 2 aromatic heterocycles. The van der Waals surface area contributed by atoms with Crippen LogP contribution in [-0.2, 0) is 57.5 Å². The molecular weight excluding hydrogens is 1060 g/mol. The number of aliphatic hydroxyl groups is 5. The van der Waals surface area contributed by atoms with Crippen LogP contribution in [0, 0.1) is 23.6 Å². The number of hydrogen-bond donors (Lipinski definition) is 5. The van der Waals surface area contributed by atoms with Crippen molar-refractivity contribution >= 4 is 17.7 Å². The maximum atomic E-state index is 15.4. The number of aromatic nitrogens is 6. The molecule has 0 aliphatic carbocycles. The van der Waals surface area contributed by atoms with Crippen LogP contribution < -0.4 is 4.90 Å². The monoisotopic (exact) mass is 1150 g/mol. The number of rotatable bonds is 16. The molecule has 7 rings (SSSR count). The summed E-state index contributed by atoms with van der Waals surface area (Å²) in [5, 5.41) is 76.8. The Labute approximate surface area is 475 Å². The van der Waals surface area contributed by atoms with E-state index in [0.717, 1.165) is 0 Å². The van der Waals surface area contributed by atoms with Crippen LogP contribution >= 0.6 is 0 Å². The summed E-state index contributed by atoms with van der Waals surface area (Å²) in [6.45, 7) is 19.1. The molecule has 0 saturated carbocycles. The highest BCUT2D eigenvalue weighted by atomic mass is 19.1. The molecular formula is C56H91FN10O14. The van der Waals surface area contributed by atoms with E-state index < -0.39 is 126 Å². The van der Waals surface area contributed by atoms with Gasteiger partial charge in [-0.1, -0.05) is 31.2 Å². The van der Waals surface area contributed by atoms with Gasteiger partial charge < -0.3 is 73.4 Å². The Bertz CT molecular complexity index is 2560. The van der Waals surface area contributed by atoms with Gasteiger partial charge in [-0.25, -0.2) is 18.5 Å². The van der Waals surface area contributed by atoms with Gasteiger partial charge in [0.05, 0.1) is 77.9 Å². The Balaban J connectivity index is 1.06. The molecule has 456 valence electrons. The van der Waals surface area contributed by atoms with Crippen LogP contribution in [0.25, 0.3) is 5.69 Å². The molecule has 1 aromatic carbocycles. The van der Waals surface area contributed by atoms with Gasteiger partial charge in [0.15, 0.2) is 18.4 Å². The fourth-order valence-electron chi connectivity index (χ4n) is 12.4. The summed E-state index contributed by atoms with van der Waals surface area (Å²) in [6.07, 6.45) is -6.92. The van der Waals surface area contributed by atoms with Gasteiger partial charge in [-0.3, -0.25) is 9.69 Å². The molecule has 4 aliphatic heterocycles. The third kappa shape index (κ3) is 14.8. The number of amides is 1. The SMILES string of the molecule is CC[C@H]1OC(=O)[C@H](C)[C@@H](O[C@H]2C[C@@](C)(OC)[C@@H](O)[C@H](C)O2)[C@H](C)[C@@H](O[C@@H]2O[C@H](C)C[C@H](N(C)CCc3cn(C[C@H]4CN(c5ccc(-n6cc(CN(C)C)nn6)c(F)c5)C(=O)O4)nn3)[C@H]2O)[C@](C)(O)C[C@@H](C)CN(C)[C@H](C)[C@@H](O)[C@]1(C)O. The maximum Gasteiger partial charge on any atom is 0.414 e. The standard InChI is InChI=1S/C56H91FN10O14/c1-16-44-56(10,74)48(69)35(6)64(14)25-31(2)23-54(8,73)50(33(4)47(34(5)51(71)79-44)80-45-24-55(9,75-15)49(70)36(7)77-45)81-52-46(68)43(21-32(3)76-52)63(13)20-19-37-27-65(60-58-37)29-40-30-66(53(72)78-40)39-17-18-42(41(57)22-39)67-28-38(59-61-67)26-62(11)12/h17-18,22,27-28,31-36,40,43-50,52,68-70,73-74H,16,19-21,23-26,29-30H2,1-15H3/t31-,32-,33+,34-,35-,36+,40+,43+,44-,45+,46-,47+,48-,49+,50-,52+,54-,55-,56-/m1/s1. The molecule has 0 spiro atoms. The second-order valence-corrected chi connectivity index (χ2v) is 24.5. The molecule has 24 nitrogen and oxygen atoms in total. The number of cyclic esters (lactones) is 2. The van der Waals surface area contributed by atoms with E-state index in [2.05, 4.69) is 20.6 Å². The number of likely N-dealkylation sites (N-methyl/N-ethyl adjacent to an activating group) is 2. The number of benzene rings is 1. The minimum Gasteiger partial charge on any atom is -0.459 e. The largest absolute Gasteiger partial charge is 0.459 e. The van der Waals surface area contributed by atoms with E-state index in [9.17, 15) is 35.1 Å². The first-order chi connectivity index (χ1) is 38.0. The van der Waals surface area contributed by atoms with Crippen LogP contribution in [0.15, 0.2) is 30.6 Å². The van der Waals surface area contributed by atoms with Gasteiger partial charge >= 0.3 is 12.1 Å². The lowest BCUT2D eigenvalue weighted by molar-refractivity contribution is -0.318. The van der Waals surface area contributed by atoms with E-state index in [1.54, 1.807) is 77.7 Å². The van der Waals surface area contributed by atoms with Crippen molar-refractivity contribution in [3.8, 4) is 5.69 Å². The van der Waals surface area contributed by atoms with Crippen molar-refractivity contribution < 1.29 is 72.7 Å². The van der Waals surface area contributed by atoms with E-state index in [4.69, 9.17) is 33.2 Å². The topological polar surface area (TPSA) is 274 Å². The van der Waals surface area contributed by atoms with Gasteiger partial charge in [0.2, 0.25) is 0 Å². The van der Waals surface area contributed by atoms with E-state index in [1.165, 1.54) is 29.7 Å². The Morgan fingerprint density at radius 1 is 0.889 bits per heavy atom. The maximum absolute atomic E-state index is 15.4. The number of esters is 1. The highest BCUT2D eigenvalue weighted by Gasteiger charge is 2.53. The lowest BCUT2D eigenvalue weighted by Gasteiger charge is -2.49. The minimum absolute atomic E-state index is 0.0768. The Hall–Kier alpha value is -4.35. The number of nitrogens with zero attached hydrogens (tertiary/aromatic N) is 10. The molecule has 5 N–H and O–H groups in total. The Morgan fingerprint density at radius 3 is 2.26 bits per heavy atom. The Kier molecular flexibility index (Phi) is 20.8. The summed E-state index contributed by atoms with van der Waals surface area (Å²) in [7, 11) is 9.00. The number of hydrogen-bond acceptors (Lipinski definition) is 21. The third-order valence-electron chi connectivity index (χ3n) is 17.2. The summed E-state index contributed by atoms with van der Waals surface area (Å²) in [4.78, 5) is 34.8. The third-order valence-corrected chi connectivity index (χ3v) is 17.2. The first-order valence-corrected chi connectivity index (χ1v) is 28.5. The van der Waals surface area contributed by atoms with Crippen molar-refractivity contribution in [3.05, 3.63) is 47.8 Å². The molecule has 0 radical (unpaired) electrons. The normalized spacial score (nSPS) is 38.0. The zero-order valence-corrected chi connectivity index (χ0v) is 50.0. The smallest absolute Gasteiger partial charge is 0.414 e.